The summed E-state index contributed by atoms with van der Waals surface area (Å²) < 4.78 is 11.0. The van der Waals surface area contributed by atoms with E-state index in [4.69, 9.17) is 15.2 Å². The number of carbonyl (C=O) groups excluding carboxylic acids is 2. The number of nitrogen functional groups attached to an aromatic ring is 1. The molecule has 1 aromatic heterocycles. The van der Waals surface area contributed by atoms with Crippen molar-refractivity contribution in [1.29, 1.82) is 0 Å². The Balaban J connectivity index is 1.47. The van der Waals surface area contributed by atoms with Gasteiger partial charge in [0.2, 0.25) is 6.79 Å². The highest BCUT2D eigenvalue weighted by Crippen LogP contribution is 2.41. The summed E-state index contributed by atoms with van der Waals surface area (Å²) in [4.78, 5) is 27.4. The summed E-state index contributed by atoms with van der Waals surface area (Å²) in [6, 6.07) is 15.9. The average Bonchev–Trinajstić information content (AvgIpc) is 3.48. The van der Waals surface area contributed by atoms with Crippen molar-refractivity contribution in [3.8, 4) is 11.5 Å². The number of nitrogens with zero attached hydrogens (tertiary/aromatic N) is 2. The van der Waals surface area contributed by atoms with E-state index in [1.165, 1.54) is 6.07 Å². The molecule has 3 N–H and O–H groups in total. The van der Waals surface area contributed by atoms with Crippen molar-refractivity contribution >= 4 is 46.2 Å². The third-order valence-electron chi connectivity index (χ3n) is 5.59. The van der Waals surface area contributed by atoms with Gasteiger partial charge in [0.1, 0.15) is 0 Å². The number of anilines is 2. The van der Waals surface area contributed by atoms with Crippen molar-refractivity contribution in [1.82, 2.24) is 10.2 Å². The van der Waals surface area contributed by atoms with Gasteiger partial charge in [-0.2, -0.15) is 5.10 Å². The first kappa shape index (κ1) is 18.2. The Morgan fingerprint density at radius 1 is 0.938 bits per heavy atom. The van der Waals surface area contributed by atoms with E-state index in [0.717, 1.165) is 21.5 Å². The van der Waals surface area contributed by atoms with E-state index in [2.05, 4.69) is 10.2 Å². The predicted octanol–water partition coefficient (Wildman–Crippen LogP) is 3.84. The Morgan fingerprint density at radius 2 is 1.72 bits per heavy atom. The molecule has 2 aliphatic rings. The molecule has 156 valence electrons. The van der Waals surface area contributed by atoms with Crippen LogP contribution in [0.1, 0.15) is 32.0 Å². The zero-order chi connectivity index (χ0) is 21.8. The topological polar surface area (TPSA) is 111 Å². The van der Waals surface area contributed by atoms with Crippen LogP contribution < -0.4 is 20.1 Å². The number of hydrogen-bond donors (Lipinski definition) is 2. The fourth-order valence-corrected chi connectivity index (χ4v) is 4.03. The van der Waals surface area contributed by atoms with Crippen LogP contribution in [0.4, 0.5) is 11.4 Å². The molecular formula is C24H16N4O4. The number of ether oxygens (including phenoxy) is 2. The number of aromatic nitrogens is 2. The zero-order valence-corrected chi connectivity index (χ0v) is 16.7. The number of nitrogens with one attached hydrogen (secondary N) is 1. The van der Waals surface area contributed by atoms with Gasteiger partial charge in [-0.25, -0.2) is 4.90 Å². The lowest BCUT2D eigenvalue weighted by Gasteiger charge is -2.17. The van der Waals surface area contributed by atoms with Crippen LogP contribution >= 0.6 is 0 Å². The molecule has 2 aliphatic heterocycles. The van der Waals surface area contributed by atoms with Crippen LogP contribution in [-0.4, -0.2) is 28.8 Å². The Morgan fingerprint density at radius 3 is 2.59 bits per heavy atom. The molecule has 0 atom stereocenters. The third kappa shape index (κ3) is 2.66. The zero-order valence-electron chi connectivity index (χ0n) is 16.7. The van der Waals surface area contributed by atoms with E-state index < -0.39 is 11.8 Å². The summed E-state index contributed by atoms with van der Waals surface area (Å²) in [5.41, 5.74) is 9.51. The van der Waals surface area contributed by atoms with E-state index in [0.29, 0.717) is 34.0 Å². The molecule has 2 amide bonds. The molecule has 6 rings (SSSR count). The van der Waals surface area contributed by atoms with Crippen LogP contribution in [0.2, 0.25) is 0 Å². The Hall–Kier alpha value is -4.59. The van der Waals surface area contributed by atoms with E-state index in [-0.39, 0.29) is 12.4 Å². The van der Waals surface area contributed by atoms with Gasteiger partial charge in [0.25, 0.3) is 11.8 Å². The average molecular weight is 424 g/mol. The number of H-pyrrole nitrogens is 1. The quantitative estimate of drug-likeness (QED) is 0.382. The van der Waals surface area contributed by atoms with Gasteiger partial charge in [0.15, 0.2) is 11.5 Å². The summed E-state index contributed by atoms with van der Waals surface area (Å²) in [6.45, 7) is 0.0740. The number of nitrogens with two attached hydrogens (primary N) is 1. The SMILES string of the molecule is Nc1ccc2c(c1)C(=O)N(c1cc3c(cc1/C=C/c1n[nH]c4ccccc14)OCO3)C2=O. The number of amides is 2. The van der Waals surface area contributed by atoms with E-state index >= 15 is 0 Å². The standard InChI is InChI=1S/C24H16N4O4/c25-14-6-7-15-17(10-14)24(30)28(23(15)29)20-11-22-21(31-12-32-22)9-13(20)5-8-19-16-3-1-2-4-18(16)26-27-19/h1-11H,12,25H2,(H,26,27)/b8-5+. The van der Waals surface area contributed by atoms with Crippen molar-refractivity contribution in [2.24, 2.45) is 0 Å². The number of carbonyl (C=O) groups is 2. The first-order valence-electron chi connectivity index (χ1n) is 9.93. The van der Waals surface area contributed by atoms with Crippen molar-refractivity contribution in [3.63, 3.8) is 0 Å². The molecule has 0 unspecified atom stereocenters. The van der Waals surface area contributed by atoms with Gasteiger partial charge in [-0.3, -0.25) is 14.7 Å². The van der Waals surface area contributed by atoms with Gasteiger partial charge in [-0.05, 0) is 36.4 Å². The van der Waals surface area contributed by atoms with Crippen LogP contribution in [0.25, 0.3) is 23.1 Å². The number of para-hydroxylation sites is 1. The maximum Gasteiger partial charge on any atom is 0.266 e. The number of rotatable bonds is 3. The van der Waals surface area contributed by atoms with Gasteiger partial charge in [-0.1, -0.05) is 24.3 Å². The van der Waals surface area contributed by atoms with Crippen molar-refractivity contribution in [2.45, 2.75) is 0 Å². The lowest BCUT2D eigenvalue weighted by atomic mass is 10.1. The Labute approximate surface area is 181 Å². The number of benzene rings is 3. The molecular weight excluding hydrogens is 408 g/mol. The van der Waals surface area contributed by atoms with Crippen LogP contribution in [0.3, 0.4) is 0 Å². The highest BCUT2D eigenvalue weighted by Gasteiger charge is 2.38. The van der Waals surface area contributed by atoms with Gasteiger partial charge in [-0.15, -0.1) is 0 Å². The molecule has 0 saturated heterocycles. The van der Waals surface area contributed by atoms with Crippen molar-refractivity contribution in [2.75, 3.05) is 17.4 Å². The molecule has 0 bridgehead atoms. The highest BCUT2D eigenvalue weighted by atomic mass is 16.7. The third-order valence-corrected chi connectivity index (χ3v) is 5.59. The van der Waals surface area contributed by atoms with Gasteiger partial charge in [0, 0.05) is 22.7 Å². The van der Waals surface area contributed by atoms with Crippen LogP contribution in [-0.2, 0) is 0 Å². The maximum absolute atomic E-state index is 13.2. The Kier molecular flexibility index (Phi) is 3.82. The summed E-state index contributed by atoms with van der Waals surface area (Å²) >= 11 is 0. The van der Waals surface area contributed by atoms with Crippen LogP contribution in [0.15, 0.2) is 54.6 Å². The fraction of sp³-hybridized carbons (Fsp3) is 0.0417. The van der Waals surface area contributed by atoms with E-state index in [1.807, 2.05) is 30.3 Å². The lowest BCUT2D eigenvalue weighted by molar-refractivity contribution is 0.0926. The minimum Gasteiger partial charge on any atom is -0.454 e. The summed E-state index contributed by atoms with van der Waals surface area (Å²) in [6.07, 6.45) is 3.63. The molecule has 4 aromatic rings. The minimum atomic E-state index is -0.434. The normalized spacial score (nSPS) is 14.7. The largest absolute Gasteiger partial charge is 0.454 e. The molecule has 8 heteroatoms. The molecule has 0 aliphatic carbocycles. The number of imide groups is 1. The predicted molar refractivity (Wildman–Crippen MR) is 120 cm³/mol. The second-order valence-corrected chi connectivity index (χ2v) is 7.50. The Bertz CT molecular complexity index is 1470. The molecule has 8 nitrogen and oxygen atoms in total. The molecule has 0 spiro atoms. The van der Waals surface area contributed by atoms with Gasteiger partial charge >= 0.3 is 0 Å². The summed E-state index contributed by atoms with van der Waals surface area (Å²) in [5, 5.41) is 8.30. The second kappa shape index (κ2) is 6.71. The molecule has 3 aromatic carbocycles. The lowest BCUT2D eigenvalue weighted by Crippen LogP contribution is -2.30. The molecule has 0 radical (unpaired) electrons. The molecule has 0 fully saturated rings. The first-order chi connectivity index (χ1) is 15.6. The monoisotopic (exact) mass is 424 g/mol. The molecule has 32 heavy (non-hydrogen) atoms. The number of hydrogen-bond acceptors (Lipinski definition) is 6. The number of fused-ring (bicyclic) bond motifs is 3. The van der Waals surface area contributed by atoms with Crippen LogP contribution in [0, 0.1) is 0 Å². The number of aromatic amines is 1. The second-order valence-electron chi connectivity index (χ2n) is 7.50. The minimum absolute atomic E-state index is 0.0740. The summed E-state index contributed by atoms with van der Waals surface area (Å²) in [5.74, 6) is 0.166. The van der Waals surface area contributed by atoms with E-state index in [9.17, 15) is 9.59 Å². The first-order valence-corrected chi connectivity index (χ1v) is 9.93. The van der Waals surface area contributed by atoms with E-state index in [1.54, 1.807) is 30.3 Å². The maximum atomic E-state index is 13.2. The van der Waals surface area contributed by atoms with Gasteiger partial charge in [0.05, 0.1) is 28.0 Å². The van der Waals surface area contributed by atoms with Crippen molar-refractivity contribution < 1.29 is 19.1 Å². The summed E-state index contributed by atoms with van der Waals surface area (Å²) in [7, 11) is 0. The molecule has 0 saturated carbocycles. The van der Waals surface area contributed by atoms with Crippen molar-refractivity contribution in [3.05, 3.63) is 77.0 Å². The smallest absolute Gasteiger partial charge is 0.266 e. The highest BCUT2D eigenvalue weighted by molar-refractivity contribution is 6.35. The van der Waals surface area contributed by atoms with Gasteiger partial charge < -0.3 is 15.2 Å². The fourth-order valence-electron chi connectivity index (χ4n) is 4.03. The molecule has 3 heterocycles. The van der Waals surface area contributed by atoms with Crippen LogP contribution in [0.5, 0.6) is 11.5 Å².